The van der Waals surface area contributed by atoms with E-state index in [4.69, 9.17) is 16.3 Å². The second kappa shape index (κ2) is 8.42. The second-order valence-electron chi connectivity index (χ2n) is 6.19. The summed E-state index contributed by atoms with van der Waals surface area (Å²) < 4.78 is 6.69. The molecule has 1 amide bonds. The fourth-order valence-corrected chi connectivity index (χ4v) is 3.89. The maximum atomic E-state index is 12.5. The van der Waals surface area contributed by atoms with Gasteiger partial charge in [0, 0.05) is 17.0 Å². The average molecular weight is 409 g/mol. The largest absolute Gasteiger partial charge is 0.493 e. The van der Waals surface area contributed by atoms with Gasteiger partial charge in [-0.2, -0.15) is 0 Å². The minimum absolute atomic E-state index is 0.207. The summed E-state index contributed by atoms with van der Waals surface area (Å²) in [5, 5.41) is 4.03. The Balaban J connectivity index is 1.35. The molecule has 0 fully saturated rings. The first kappa shape index (κ1) is 18.5. The van der Waals surface area contributed by atoms with Gasteiger partial charge in [0.25, 0.3) is 5.91 Å². The standard InChI is InChI=1S/C22H17ClN2O2S/c23-17-8-11-19-20(14-17)28-22(24-19)25-21(26)16-6-9-18(10-7-16)27-13-12-15-4-2-1-3-5-15/h1-11,14H,12-13H2,(H,24,25,26). The van der Waals surface area contributed by atoms with E-state index in [1.165, 1.54) is 16.9 Å². The van der Waals surface area contributed by atoms with Crippen LogP contribution in [0.15, 0.2) is 72.8 Å². The van der Waals surface area contributed by atoms with Crippen molar-refractivity contribution in [3.63, 3.8) is 0 Å². The van der Waals surface area contributed by atoms with E-state index < -0.39 is 0 Å². The van der Waals surface area contributed by atoms with Crippen LogP contribution in [0.3, 0.4) is 0 Å². The molecule has 0 bridgehead atoms. The normalized spacial score (nSPS) is 10.8. The van der Waals surface area contributed by atoms with Gasteiger partial charge in [0.2, 0.25) is 0 Å². The number of anilines is 1. The third-order valence-corrected chi connectivity index (χ3v) is 5.36. The van der Waals surface area contributed by atoms with Gasteiger partial charge in [-0.1, -0.05) is 53.3 Å². The molecule has 140 valence electrons. The van der Waals surface area contributed by atoms with E-state index in [0.29, 0.717) is 22.3 Å². The fourth-order valence-electron chi connectivity index (χ4n) is 2.76. The van der Waals surface area contributed by atoms with Gasteiger partial charge in [-0.3, -0.25) is 10.1 Å². The SMILES string of the molecule is O=C(Nc1nc2ccc(Cl)cc2s1)c1ccc(OCCc2ccccc2)cc1. The molecule has 0 aliphatic carbocycles. The van der Waals surface area contributed by atoms with Gasteiger partial charge in [-0.15, -0.1) is 0 Å². The molecule has 28 heavy (non-hydrogen) atoms. The van der Waals surface area contributed by atoms with Crippen molar-refractivity contribution in [2.75, 3.05) is 11.9 Å². The highest BCUT2D eigenvalue weighted by molar-refractivity contribution is 7.22. The van der Waals surface area contributed by atoms with Gasteiger partial charge < -0.3 is 4.74 Å². The third-order valence-electron chi connectivity index (χ3n) is 4.19. The van der Waals surface area contributed by atoms with E-state index in [0.717, 1.165) is 22.4 Å². The highest BCUT2D eigenvalue weighted by atomic mass is 35.5. The molecule has 0 saturated heterocycles. The van der Waals surface area contributed by atoms with Crippen molar-refractivity contribution in [3.8, 4) is 5.75 Å². The Morgan fingerprint density at radius 2 is 1.82 bits per heavy atom. The number of rotatable bonds is 6. The summed E-state index contributed by atoms with van der Waals surface area (Å²) in [5.41, 5.74) is 2.59. The molecule has 4 rings (SSSR count). The molecule has 0 atom stereocenters. The molecule has 6 heteroatoms. The predicted octanol–water partition coefficient (Wildman–Crippen LogP) is 5.82. The maximum Gasteiger partial charge on any atom is 0.257 e. The molecule has 3 aromatic carbocycles. The van der Waals surface area contributed by atoms with Crippen molar-refractivity contribution >= 4 is 44.2 Å². The summed E-state index contributed by atoms with van der Waals surface area (Å²) in [6.45, 7) is 0.587. The first-order valence-corrected chi connectivity index (χ1v) is 10.0. The van der Waals surface area contributed by atoms with Crippen molar-refractivity contribution in [2.24, 2.45) is 0 Å². The van der Waals surface area contributed by atoms with Gasteiger partial charge in [0.05, 0.1) is 16.8 Å². The molecule has 0 radical (unpaired) electrons. The van der Waals surface area contributed by atoms with Crippen molar-refractivity contribution in [2.45, 2.75) is 6.42 Å². The maximum absolute atomic E-state index is 12.5. The van der Waals surface area contributed by atoms with Crippen LogP contribution in [0.1, 0.15) is 15.9 Å². The molecule has 4 aromatic rings. The number of carbonyl (C=O) groups is 1. The number of carbonyl (C=O) groups excluding carboxylic acids is 1. The van der Waals surface area contributed by atoms with Crippen LogP contribution in [0.4, 0.5) is 5.13 Å². The molecule has 0 aliphatic heterocycles. The number of nitrogens with zero attached hydrogens (tertiary/aromatic N) is 1. The molecule has 4 nitrogen and oxygen atoms in total. The zero-order valence-electron chi connectivity index (χ0n) is 14.9. The number of nitrogens with one attached hydrogen (secondary N) is 1. The molecule has 1 aromatic heterocycles. The van der Waals surface area contributed by atoms with E-state index in [-0.39, 0.29) is 5.91 Å². The summed E-state index contributed by atoms with van der Waals surface area (Å²) in [6, 6.07) is 22.7. The van der Waals surface area contributed by atoms with Crippen LogP contribution in [-0.4, -0.2) is 17.5 Å². The summed E-state index contributed by atoms with van der Waals surface area (Å²) >= 11 is 7.39. The summed E-state index contributed by atoms with van der Waals surface area (Å²) in [5.74, 6) is 0.531. The van der Waals surface area contributed by atoms with E-state index in [2.05, 4.69) is 22.4 Å². The summed E-state index contributed by atoms with van der Waals surface area (Å²) in [6.07, 6.45) is 0.838. The number of fused-ring (bicyclic) bond motifs is 1. The zero-order valence-corrected chi connectivity index (χ0v) is 16.5. The lowest BCUT2D eigenvalue weighted by Crippen LogP contribution is -2.11. The van der Waals surface area contributed by atoms with Gasteiger partial charge in [-0.25, -0.2) is 4.98 Å². The van der Waals surface area contributed by atoms with Crippen LogP contribution >= 0.6 is 22.9 Å². The van der Waals surface area contributed by atoms with E-state index in [1.54, 1.807) is 30.3 Å². The first-order chi connectivity index (χ1) is 13.7. The minimum atomic E-state index is -0.207. The zero-order chi connectivity index (χ0) is 19.3. The van der Waals surface area contributed by atoms with Gasteiger partial charge >= 0.3 is 0 Å². The Bertz CT molecular complexity index is 1090. The monoisotopic (exact) mass is 408 g/mol. The van der Waals surface area contributed by atoms with Crippen molar-refractivity contribution in [1.29, 1.82) is 0 Å². The Morgan fingerprint density at radius 1 is 1.04 bits per heavy atom. The van der Waals surface area contributed by atoms with Crippen LogP contribution in [0, 0.1) is 0 Å². The van der Waals surface area contributed by atoms with Crippen molar-refractivity contribution < 1.29 is 9.53 Å². The highest BCUT2D eigenvalue weighted by Crippen LogP contribution is 2.28. The highest BCUT2D eigenvalue weighted by Gasteiger charge is 2.10. The topological polar surface area (TPSA) is 51.2 Å². The number of thiazole rings is 1. The second-order valence-corrected chi connectivity index (χ2v) is 7.66. The lowest BCUT2D eigenvalue weighted by atomic mass is 10.2. The predicted molar refractivity (Wildman–Crippen MR) is 115 cm³/mol. The van der Waals surface area contributed by atoms with Gasteiger partial charge in [0.1, 0.15) is 5.75 Å². The molecule has 0 aliphatic rings. The third kappa shape index (κ3) is 4.50. The van der Waals surface area contributed by atoms with E-state index in [1.807, 2.05) is 30.3 Å². The Labute approximate surface area is 171 Å². The van der Waals surface area contributed by atoms with Crippen LogP contribution in [0.2, 0.25) is 5.02 Å². The number of hydrogen-bond donors (Lipinski definition) is 1. The van der Waals surface area contributed by atoms with Crippen LogP contribution in [0.5, 0.6) is 5.75 Å². The van der Waals surface area contributed by atoms with E-state index >= 15 is 0 Å². The molecule has 1 heterocycles. The van der Waals surface area contributed by atoms with Crippen LogP contribution in [-0.2, 0) is 6.42 Å². The number of halogens is 1. The number of amides is 1. The van der Waals surface area contributed by atoms with Gasteiger partial charge in [-0.05, 0) is 48.0 Å². The lowest BCUT2D eigenvalue weighted by Gasteiger charge is -2.07. The molecule has 0 spiro atoms. The minimum Gasteiger partial charge on any atom is -0.493 e. The Morgan fingerprint density at radius 3 is 2.61 bits per heavy atom. The summed E-state index contributed by atoms with van der Waals surface area (Å²) in [4.78, 5) is 16.9. The fraction of sp³-hybridized carbons (Fsp3) is 0.0909. The lowest BCUT2D eigenvalue weighted by molar-refractivity contribution is 0.102. The van der Waals surface area contributed by atoms with Crippen LogP contribution in [0.25, 0.3) is 10.2 Å². The van der Waals surface area contributed by atoms with E-state index in [9.17, 15) is 4.79 Å². The number of aromatic nitrogens is 1. The number of hydrogen-bond acceptors (Lipinski definition) is 4. The molecular formula is C22H17ClN2O2S. The number of ether oxygens (including phenoxy) is 1. The van der Waals surface area contributed by atoms with Crippen molar-refractivity contribution in [1.82, 2.24) is 4.98 Å². The van der Waals surface area contributed by atoms with Gasteiger partial charge in [0.15, 0.2) is 5.13 Å². The average Bonchev–Trinajstić information content (AvgIpc) is 3.10. The Kier molecular flexibility index (Phi) is 5.55. The first-order valence-electron chi connectivity index (χ1n) is 8.82. The molecule has 1 N–H and O–H groups in total. The smallest absolute Gasteiger partial charge is 0.257 e. The summed E-state index contributed by atoms with van der Waals surface area (Å²) in [7, 11) is 0. The van der Waals surface area contributed by atoms with Crippen LogP contribution < -0.4 is 10.1 Å². The Hall–Kier alpha value is -2.89. The molecule has 0 saturated carbocycles. The van der Waals surface area contributed by atoms with Crippen molar-refractivity contribution in [3.05, 3.63) is 88.9 Å². The molecule has 0 unspecified atom stereocenters. The molecular weight excluding hydrogens is 392 g/mol. The quantitative estimate of drug-likeness (QED) is 0.437. The number of benzene rings is 3.